The average Bonchev–Trinajstić information content (AvgIpc) is 3.72. The molecule has 0 saturated heterocycles. The van der Waals surface area contributed by atoms with Gasteiger partial charge >= 0.3 is 0 Å². The predicted octanol–water partition coefficient (Wildman–Crippen LogP) is 7.70. The number of fused-ring (bicyclic) bond motifs is 8. The number of rotatable bonds is 2. The van der Waals surface area contributed by atoms with Crippen molar-refractivity contribution in [1.82, 2.24) is 19.9 Å². The predicted molar refractivity (Wildman–Crippen MR) is 151 cm³/mol. The summed E-state index contributed by atoms with van der Waals surface area (Å²) in [5, 5.41) is 9.91. The summed E-state index contributed by atoms with van der Waals surface area (Å²) in [5.41, 5.74) is 11.4. The van der Waals surface area contributed by atoms with E-state index in [1.807, 2.05) is 60.7 Å². The van der Waals surface area contributed by atoms with Crippen LogP contribution in [0.3, 0.4) is 0 Å². The summed E-state index contributed by atoms with van der Waals surface area (Å²) in [7, 11) is 0. The third-order valence-corrected chi connectivity index (χ3v) is 6.62. The van der Waals surface area contributed by atoms with Gasteiger partial charge in [-0.3, -0.25) is 0 Å². The van der Waals surface area contributed by atoms with Crippen molar-refractivity contribution in [3.05, 3.63) is 114 Å². The van der Waals surface area contributed by atoms with Crippen molar-refractivity contribution in [2.45, 2.75) is 0 Å². The number of aromatic nitrogens is 4. The van der Waals surface area contributed by atoms with Gasteiger partial charge in [0, 0.05) is 33.2 Å². The number of aromatic hydroxyl groups is 1. The van der Waals surface area contributed by atoms with Gasteiger partial charge in [0.05, 0.1) is 22.8 Å². The zero-order chi connectivity index (χ0) is 24.8. The Morgan fingerprint density at radius 2 is 1.05 bits per heavy atom. The fourth-order valence-electron chi connectivity index (χ4n) is 4.91. The van der Waals surface area contributed by atoms with Gasteiger partial charge in [-0.2, -0.15) is 0 Å². The number of hydrogen-bond acceptors (Lipinski definition) is 3. The molecule has 8 bridgehead atoms. The summed E-state index contributed by atoms with van der Waals surface area (Å²) in [5.74, 6) is 0.228. The van der Waals surface area contributed by atoms with Crippen LogP contribution in [0.2, 0.25) is 0 Å². The van der Waals surface area contributed by atoms with Crippen LogP contribution in [0.15, 0.2) is 91.0 Å². The minimum Gasteiger partial charge on any atom is -0.508 e. The first-order valence-corrected chi connectivity index (χ1v) is 12.1. The lowest BCUT2D eigenvalue weighted by atomic mass is 10.0. The largest absolute Gasteiger partial charge is 0.508 e. The van der Waals surface area contributed by atoms with Gasteiger partial charge in [0.25, 0.3) is 0 Å². The van der Waals surface area contributed by atoms with E-state index in [1.165, 1.54) is 0 Å². The number of phenolic OH excluding ortho intramolecular Hbond substituents is 1. The normalized spacial score (nSPS) is 12.2. The highest BCUT2D eigenvalue weighted by Gasteiger charge is 2.14. The molecule has 0 atom stereocenters. The second-order valence-corrected chi connectivity index (χ2v) is 9.12. The lowest BCUT2D eigenvalue weighted by Gasteiger charge is -2.05. The molecule has 2 aromatic carbocycles. The van der Waals surface area contributed by atoms with Crippen LogP contribution < -0.4 is 0 Å². The number of H-pyrrole nitrogens is 2. The zero-order valence-corrected chi connectivity index (χ0v) is 19.8. The summed E-state index contributed by atoms with van der Waals surface area (Å²) < 4.78 is 0. The monoisotopic (exact) mass is 478 g/mol. The van der Waals surface area contributed by atoms with Crippen LogP contribution in [-0.4, -0.2) is 25.0 Å². The van der Waals surface area contributed by atoms with E-state index >= 15 is 0 Å². The summed E-state index contributed by atoms with van der Waals surface area (Å²) in [6.45, 7) is 0. The molecule has 0 spiro atoms. The lowest BCUT2D eigenvalue weighted by Crippen LogP contribution is -1.87. The Kier molecular flexibility index (Phi) is 4.86. The molecule has 2 aliphatic heterocycles. The minimum atomic E-state index is 0.228. The van der Waals surface area contributed by atoms with Gasteiger partial charge in [-0.05, 0) is 84.0 Å². The van der Waals surface area contributed by atoms with Crippen molar-refractivity contribution in [3.8, 4) is 28.0 Å². The van der Waals surface area contributed by atoms with Gasteiger partial charge in [0.15, 0.2) is 0 Å². The number of phenols is 1. The third-order valence-electron chi connectivity index (χ3n) is 6.62. The molecule has 5 heteroatoms. The summed E-state index contributed by atoms with van der Waals surface area (Å²) in [4.78, 5) is 17.0. The Balaban J connectivity index is 1.63. The minimum absolute atomic E-state index is 0.228. The third kappa shape index (κ3) is 3.93. The van der Waals surface area contributed by atoms with Crippen LogP contribution in [-0.2, 0) is 0 Å². The highest BCUT2D eigenvalue weighted by atomic mass is 16.3. The van der Waals surface area contributed by atoms with Gasteiger partial charge in [-0.25, -0.2) is 9.97 Å². The van der Waals surface area contributed by atoms with Crippen molar-refractivity contribution in [2.24, 2.45) is 0 Å². The van der Waals surface area contributed by atoms with Crippen molar-refractivity contribution >= 4 is 46.4 Å². The Morgan fingerprint density at radius 3 is 1.62 bits per heavy atom. The molecule has 0 radical (unpaired) electrons. The Hall–Kier alpha value is -5.16. The highest BCUT2D eigenvalue weighted by Crippen LogP contribution is 2.34. The summed E-state index contributed by atoms with van der Waals surface area (Å²) in [6.07, 6.45) is 8.17. The van der Waals surface area contributed by atoms with E-state index in [4.69, 9.17) is 9.97 Å². The molecule has 5 heterocycles. The van der Waals surface area contributed by atoms with Crippen molar-refractivity contribution in [3.63, 3.8) is 0 Å². The van der Waals surface area contributed by atoms with E-state index in [0.29, 0.717) is 0 Å². The maximum Gasteiger partial charge on any atom is 0.115 e. The van der Waals surface area contributed by atoms with Gasteiger partial charge in [0.1, 0.15) is 5.75 Å². The highest BCUT2D eigenvalue weighted by molar-refractivity contribution is 5.95. The van der Waals surface area contributed by atoms with Gasteiger partial charge in [-0.1, -0.05) is 42.5 Å². The first kappa shape index (κ1) is 21.1. The zero-order valence-electron chi connectivity index (χ0n) is 19.8. The lowest BCUT2D eigenvalue weighted by molar-refractivity contribution is 0.475. The van der Waals surface area contributed by atoms with Crippen LogP contribution >= 0.6 is 0 Å². The number of hydrogen-bond donors (Lipinski definition) is 3. The maximum absolute atomic E-state index is 9.91. The fourth-order valence-corrected chi connectivity index (χ4v) is 4.91. The van der Waals surface area contributed by atoms with Crippen molar-refractivity contribution < 1.29 is 5.11 Å². The number of nitrogens with one attached hydrogen (secondary N) is 2. The summed E-state index contributed by atoms with van der Waals surface area (Å²) in [6, 6.07) is 29.9. The van der Waals surface area contributed by atoms with Gasteiger partial charge in [0.2, 0.25) is 0 Å². The number of aromatic amines is 2. The van der Waals surface area contributed by atoms with Gasteiger partial charge < -0.3 is 15.1 Å². The first-order valence-electron chi connectivity index (χ1n) is 12.1. The van der Waals surface area contributed by atoms with E-state index in [-0.39, 0.29) is 5.75 Å². The van der Waals surface area contributed by atoms with Crippen LogP contribution in [0.25, 0.3) is 68.6 Å². The van der Waals surface area contributed by atoms with Crippen LogP contribution in [0.1, 0.15) is 22.8 Å². The molecule has 0 saturated carbocycles. The number of nitrogens with zero attached hydrogens (tertiary/aromatic N) is 2. The van der Waals surface area contributed by atoms with E-state index < -0.39 is 0 Å². The summed E-state index contributed by atoms with van der Waals surface area (Å²) >= 11 is 0. The topological polar surface area (TPSA) is 77.6 Å². The molecule has 3 aromatic heterocycles. The molecular formula is C32H22N4O. The Bertz CT molecular complexity index is 1870. The Labute approximate surface area is 213 Å². The van der Waals surface area contributed by atoms with E-state index in [1.54, 1.807) is 12.1 Å². The van der Waals surface area contributed by atoms with E-state index in [9.17, 15) is 5.11 Å². The van der Waals surface area contributed by atoms with Crippen LogP contribution in [0.5, 0.6) is 5.75 Å². The molecule has 0 aliphatic carbocycles. The Morgan fingerprint density at radius 1 is 0.514 bits per heavy atom. The molecule has 7 rings (SSSR count). The van der Waals surface area contributed by atoms with Crippen LogP contribution in [0.4, 0.5) is 0 Å². The smallest absolute Gasteiger partial charge is 0.115 e. The molecule has 5 aromatic rings. The maximum atomic E-state index is 9.91. The molecule has 0 unspecified atom stereocenters. The second-order valence-electron chi connectivity index (χ2n) is 9.12. The standard InChI is InChI=1S/C32H22N4O/c37-26-12-6-21(7-13-26)32-28-15-11-25(35-28)19-23-9-8-22(33-23)18-24-10-14-27(34-24)31(20-4-2-1-3-5-20)29-16-17-30(32)36-29/h1-19,33,36-37H. The van der Waals surface area contributed by atoms with Crippen molar-refractivity contribution in [1.29, 1.82) is 0 Å². The molecule has 0 amide bonds. The SMILES string of the molecule is Oc1ccc(-c2c3nc(cc4ccc(cc5nc(c(-c6ccccc6)c6ccc2[nH]6)C=C5)[nH]4)C=C3)cc1. The van der Waals surface area contributed by atoms with Crippen LogP contribution in [0, 0.1) is 0 Å². The molecule has 5 nitrogen and oxygen atoms in total. The molecule has 2 aliphatic rings. The van der Waals surface area contributed by atoms with E-state index in [2.05, 4.69) is 52.4 Å². The molecule has 37 heavy (non-hydrogen) atoms. The van der Waals surface area contributed by atoms with Crippen molar-refractivity contribution in [2.75, 3.05) is 0 Å². The molecule has 0 fully saturated rings. The quantitative estimate of drug-likeness (QED) is 0.238. The first-order chi connectivity index (χ1) is 18.2. The molecular weight excluding hydrogens is 456 g/mol. The molecule has 3 N–H and O–H groups in total. The number of benzene rings is 2. The fraction of sp³-hybridized carbons (Fsp3) is 0. The average molecular weight is 479 g/mol. The second kappa shape index (κ2) is 8.50. The van der Waals surface area contributed by atoms with E-state index in [0.717, 1.165) is 67.1 Å². The van der Waals surface area contributed by atoms with Gasteiger partial charge in [-0.15, -0.1) is 0 Å². The molecule has 176 valence electrons.